The molecule has 80 valence electrons. The molecular weight excluding hydrogens is 196 g/mol. The lowest BCUT2D eigenvalue weighted by atomic mass is 10.3. The zero-order valence-corrected chi connectivity index (χ0v) is 8.18. The summed E-state index contributed by atoms with van der Waals surface area (Å²) in [6, 6.07) is 0. The molecule has 15 heavy (non-hydrogen) atoms. The highest BCUT2D eigenvalue weighted by Gasteiger charge is 2.33. The van der Waals surface area contributed by atoms with Crippen LogP contribution in [0.15, 0.2) is 0 Å². The van der Waals surface area contributed by atoms with E-state index in [0.717, 1.165) is 18.7 Å². The van der Waals surface area contributed by atoms with Crippen LogP contribution in [0.5, 0.6) is 0 Å². The number of aromatic nitrogens is 3. The number of hydrogen-bond acceptors (Lipinski definition) is 4. The zero-order valence-electron chi connectivity index (χ0n) is 8.18. The molecule has 1 unspecified atom stereocenters. The quantitative estimate of drug-likeness (QED) is 0.704. The minimum absolute atomic E-state index is 0.108. The van der Waals surface area contributed by atoms with E-state index in [1.54, 1.807) is 0 Å². The second kappa shape index (κ2) is 3.03. The van der Waals surface area contributed by atoms with Gasteiger partial charge in [0.1, 0.15) is 5.82 Å². The Balaban J connectivity index is 1.82. The average molecular weight is 208 g/mol. The number of carbonyl (C=O) groups excluding carboxylic acids is 1. The minimum Gasteiger partial charge on any atom is -0.391 e. The molecule has 1 amide bonds. The van der Waals surface area contributed by atoms with Crippen LogP contribution in [0.3, 0.4) is 0 Å². The van der Waals surface area contributed by atoms with Crippen molar-refractivity contribution in [1.29, 1.82) is 0 Å². The molecule has 3 rings (SSSR count). The molecule has 1 saturated carbocycles. The van der Waals surface area contributed by atoms with Gasteiger partial charge < -0.3 is 5.11 Å². The maximum Gasteiger partial charge on any atom is 0.251 e. The van der Waals surface area contributed by atoms with Gasteiger partial charge >= 0.3 is 0 Å². The third kappa shape index (κ3) is 1.50. The number of rotatable bonds is 2. The lowest BCUT2D eigenvalue weighted by molar-refractivity contribution is -0.117. The second-order valence-electron chi connectivity index (χ2n) is 4.16. The van der Waals surface area contributed by atoms with Gasteiger partial charge in [-0.1, -0.05) is 0 Å². The van der Waals surface area contributed by atoms with E-state index in [1.807, 2.05) is 0 Å². The molecule has 2 N–H and O–H groups in total. The first kappa shape index (κ1) is 8.84. The third-order valence-electron chi connectivity index (χ3n) is 2.80. The topological polar surface area (TPSA) is 82.1 Å². The van der Waals surface area contributed by atoms with Gasteiger partial charge in [0.15, 0.2) is 0 Å². The fraction of sp³-hybridized carbons (Fsp3) is 0.667. The Labute approximate surface area is 86.3 Å². The summed E-state index contributed by atoms with van der Waals surface area (Å²) in [4.78, 5) is 17.2. The minimum atomic E-state index is -0.583. The molecule has 0 bridgehead atoms. The number of nitrogens with zero attached hydrogens (tertiary/aromatic N) is 3. The van der Waals surface area contributed by atoms with Crippen LogP contribution in [-0.4, -0.2) is 38.8 Å². The molecule has 1 saturated heterocycles. The van der Waals surface area contributed by atoms with E-state index in [-0.39, 0.29) is 12.3 Å². The zero-order chi connectivity index (χ0) is 10.4. The summed E-state index contributed by atoms with van der Waals surface area (Å²) in [7, 11) is 0. The first-order valence-corrected chi connectivity index (χ1v) is 5.15. The Hall–Kier alpha value is -1.43. The van der Waals surface area contributed by atoms with E-state index in [9.17, 15) is 9.90 Å². The number of nitrogens with one attached hydrogen (secondary N) is 1. The molecule has 1 atom stereocenters. The lowest BCUT2D eigenvalue weighted by Crippen LogP contribution is -2.26. The second-order valence-corrected chi connectivity index (χ2v) is 4.16. The summed E-state index contributed by atoms with van der Waals surface area (Å²) in [6.45, 7) is 0.306. The fourth-order valence-corrected chi connectivity index (χ4v) is 1.81. The van der Waals surface area contributed by atoms with Gasteiger partial charge in [0.2, 0.25) is 5.91 Å². The Morgan fingerprint density at radius 1 is 1.47 bits per heavy atom. The molecular formula is C9H12N4O2. The van der Waals surface area contributed by atoms with E-state index < -0.39 is 6.10 Å². The molecule has 6 nitrogen and oxygen atoms in total. The Morgan fingerprint density at radius 2 is 2.27 bits per heavy atom. The number of β-amino-alcohol motifs (C(OH)–C–C–N with tert-alkyl or cyclic N) is 1. The molecule has 2 aliphatic rings. The number of amides is 1. The summed E-state index contributed by atoms with van der Waals surface area (Å²) in [6.07, 6.45) is 1.88. The molecule has 0 radical (unpaired) electrons. The SMILES string of the molecule is O=C1CC(O)CN1c1n[nH]c(C2CC2)n1. The average Bonchev–Trinajstić information content (AvgIpc) is 2.83. The summed E-state index contributed by atoms with van der Waals surface area (Å²) >= 11 is 0. The predicted octanol–water partition coefficient (Wildman–Crippen LogP) is -0.220. The lowest BCUT2D eigenvalue weighted by Gasteiger charge is -2.09. The van der Waals surface area contributed by atoms with Gasteiger partial charge in [0.05, 0.1) is 19.1 Å². The molecule has 6 heteroatoms. The normalized spacial score (nSPS) is 26.3. The molecule has 2 fully saturated rings. The van der Waals surface area contributed by atoms with E-state index in [1.165, 1.54) is 4.90 Å². The molecule has 0 aromatic carbocycles. The summed E-state index contributed by atoms with van der Waals surface area (Å²) in [5, 5.41) is 16.2. The van der Waals surface area contributed by atoms with E-state index in [2.05, 4.69) is 15.2 Å². The van der Waals surface area contributed by atoms with Crippen LogP contribution in [0.2, 0.25) is 0 Å². The van der Waals surface area contributed by atoms with Crippen molar-refractivity contribution < 1.29 is 9.90 Å². The van der Waals surface area contributed by atoms with E-state index in [4.69, 9.17) is 0 Å². The molecule has 2 heterocycles. The van der Waals surface area contributed by atoms with Crippen molar-refractivity contribution in [2.45, 2.75) is 31.3 Å². The molecule has 1 aliphatic carbocycles. The van der Waals surface area contributed by atoms with Crippen LogP contribution in [0.1, 0.15) is 31.0 Å². The van der Waals surface area contributed by atoms with Gasteiger partial charge in [-0.05, 0) is 12.8 Å². The van der Waals surface area contributed by atoms with E-state index >= 15 is 0 Å². The number of hydrogen-bond donors (Lipinski definition) is 2. The maximum absolute atomic E-state index is 11.5. The number of carbonyl (C=O) groups is 1. The summed E-state index contributed by atoms with van der Waals surface area (Å²) < 4.78 is 0. The van der Waals surface area contributed by atoms with Gasteiger partial charge in [-0.25, -0.2) is 0 Å². The molecule has 0 spiro atoms. The van der Waals surface area contributed by atoms with Crippen LogP contribution in [0.4, 0.5) is 5.95 Å². The highest BCUT2D eigenvalue weighted by atomic mass is 16.3. The summed E-state index contributed by atoms with van der Waals surface area (Å²) in [5.41, 5.74) is 0. The summed E-state index contributed by atoms with van der Waals surface area (Å²) in [5.74, 6) is 1.65. The van der Waals surface area contributed by atoms with Gasteiger partial charge in [0, 0.05) is 5.92 Å². The van der Waals surface area contributed by atoms with Gasteiger partial charge in [0.25, 0.3) is 5.95 Å². The number of anilines is 1. The van der Waals surface area contributed by atoms with Crippen LogP contribution < -0.4 is 4.90 Å². The van der Waals surface area contributed by atoms with Crippen LogP contribution >= 0.6 is 0 Å². The van der Waals surface area contributed by atoms with Crippen molar-refractivity contribution in [3.05, 3.63) is 5.82 Å². The Morgan fingerprint density at radius 3 is 2.87 bits per heavy atom. The fourth-order valence-electron chi connectivity index (χ4n) is 1.81. The molecule has 1 aromatic rings. The van der Waals surface area contributed by atoms with Crippen LogP contribution in [0.25, 0.3) is 0 Å². The Kier molecular flexibility index (Phi) is 1.79. The van der Waals surface area contributed by atoms with E-state index in [0.29, 0.717) is 18.4 Å². The number of aliphatic hydroxyl groups is 1. The smallest absolute Gasteiger partial charge is 0.251 e. The van der Waals surface area contributed by atoms with Crippen molar-refractivity contribution in [3.63, 3.8) is 0 Å². The third-order valence-corrected chi connectivity index (χ3v) is 2.80. The number of aliphatic hydroxyl groups excluding tert-OH is 1. The highest BCUT2D eigenvalue weighted by Crippen LogP contribution is 2.38. The van der Waals surface area contributed by atoms with Crippen molar-refractivity contribution >= 4 is 11.9 Å². The van der Waals surface area contributed by atoms with Crippen molar-refractivity contribution in [2.24, 2.45) is 0 Å². The molecule has 1 aliphatic heterocycles. The molecule has 1 aromatic heterocycles. The van der Waals surface area contributed by atoms with Gasteiger partial charge in [-0.2, -0.15) is 4.98 Å². The van der Waals surface area contributed by atoms with Crippen LogP contribution in [0, 0.1) is 0 Å². The Bertz CT molecular complexity index is 399. The van der Waals surface area contributed by atoms with Crippen molar-refractivity contribution in [3.8, 4) is 0 Å². The van der Waals surface area contributed by atoms with Gasteiger partial charge in [-0.15, -0.1) is 5.10 Å². The standard InChI is InChI=1S/C9H12N4O2/c14-6-3-7(15)13(4-6)9-10-8(11-12-9)5-1-2-5/h5-6,14H,1-4H2,(H,10,11,12). The van der Waals surface area contributed by atoms with Crippen molar-refractivity contribution in [1.82, 2.24) is 15.2 Å². The number of H-pyrrole nitrogens is 1. The monoisotopic (exact) mass is 208 g/mol. The largest absolute Gasteiger partial charge is 0.391 e. The van der Waals surface area contributed by atoms with Crippen LogP contribution in [-0.2, 0) is 4.79 Å². The number of aromatic amines is 1. The van der Waals surface area contributed by atoms with Crippen molar-refractivity contribution in [2.75, 3.05) is 11.4 Å². The maximum atomic E-state index is 11.5. The predicted molar refractivity (Wildman–Crippen MR) is 51.3 cm³/mol. The first-order chi connectivity index (χ1) is 7.24. The highest BCUT2D eigenvalue weighted by molar-refractivity contribution is 5.94. The van der Waals surface area contributed by atoms with Gasteiger partial charge in [-0.3, -0.25) is 14.8 Å². The first-order valence-electron chi connectivity index (χ1n) is 5.15.